The molecule has 3 heteroatoms. The fourth-order valence-electron chi connectivity index (χ4n) is 1.39. The fraction of sp³-hybridized carbons (Fsp3) is 0.182. The predicted molar refractivity (Wildman–Crippen MR) is 50.1 cm³/mol. The van der Waals surface area contributed by atoms with Crippen LogP contribution in [-0.2, 0) is 0 Å². The Hall–Kier alpha value is -2.31. The zero-order valence-electron chi connectivity index (χ0n) is 7.92. The zero-order chi connectivity index (χ0) is 10.7. The molecule has 0 fully saturated rings. The summed E-state index contributed by atoms with van der Waals surface area (Å²) in [4.78, 5) is 0. The Morgan fingerprint density at radius 2 is 1.14 bits per heavy atom. The van der Waals surface area contributed by atoms with Crippen LogP contribution in [0.4, 0.5) is 0 Å². The van der Waals surface area contributed by atoms with Gasteiger partial charge in [-0.2, -0.15) is 15.8 Å². The Morgan fingerprint density at radius 3 is 1.43 bits per heavy atom. The monoisotopic (exact) mass is 181 g/mol. The van der Waals surface area contributed by atoms with Crippen LogP contribution in [-0.4, -0.2) is 0 Å². The van der Waals surface area contributed by atoms with E-state index in [2.05, 4.69) is 0 Å². The van der Waals surface area contributed by atoms with Crippen molar-refractivity contribution in [2.75, 3.05) is 0 Å². The van der Waals surface area contributed by atoms with E-state index < -0.39 is 0 Å². The minimum atomic E-state index is 0.188. The number of hydrogen-bond acceptors (Lipinski definition) is 3. The summed E-state index contributed by atoms with van der Waals surface area (Å²) in [5, 5.41) is 26.5. The number of rotatable bonds is 0. The highest BCUT2D eigenvalue weighted by atomic mass is 14.3. The van der Waals surface area contributed by atoms with Crippen LogP contribution >= 0.6 is 0 Å². The minimum absolute atomic E-state index is 0.188. The molecule has 0 atom stereocenters. The quantitative estimate of drug-likeness (QED) is 0.613. The van der Waals surface area contributed by atoms with Gasteiger partial charge in [0.1, 0.15) is 18.2 Å². The van der Waals surface area contributed by atoms with Crippen molar-refractivity contribution in [3.8, 4) is 18.2 Å². The van der Waals surface area contributed by atoms with Gasteiger partial charge in [0, 0.05) is 0 Å². The predicted octanol–water partition coefficient (Wildman–Crippen LogP) is 1.92. The Balaban J connectivity index is 3.76. The van der Waals surface area contributed by atoms with Crippen LogP contribution < -0.4 is 0 Å². The van der Waals surface area contributed by atoms with E-state index in [1.807, 2.05) is 18.2 Å². The highest BCUT2D eigenvalue weighted by molar-refractivity contribution is 5.60. The smallest absolute Gasteiger partial charge is 0.102 e. The lowest BCUT2D eigenvalue weighted by Gasteiger charge is -2.04. The Kier molecular flexibility index (Phi) is 2.52. The average molecular weight is 181 g/mol. The van der Waals surface area contributed by atoms with E-state index >= 15 is 0 Å². The molecule has 3 nitrogen and oxygen atoms in total. The van der Waals surface area contributed by atoms with E-state index in [1.165, 1.54) is 0 Å². The van der Waals surface area contributed by atoms with Gasteiger partial charge in [0.2, 0.25) is 0 Å². The van der Waals surface area contributed by atoms with Gasteiger partial charge in [-0.25, -0.2) is 0 Å². The van der Waals surface area contributed by atoms with Crippen molar-refractivity contribution in [3.05, 3.63) is 33.9 Å². The van der Waals surface area contributed by atoms with Crippen LogP contribution in [0.3, 0.4) is 0 Å². The molecule has 1 aromatic rings. The molecule has 0 aliphatic heterocycles. The molecule has 0 aromatic heterocycles. The number of nitriles is 3. The molecule has 66 valence electrons. The van der Waals surface area contributed by atoms with Crippen molar-refractivity contribution in [2.24, 2.45) is 0 Å². The molecule has 0 saturated heterocycles. The second kappa shape index (κ2) is 3.60. The molecule has 0 radical (unpaired) electrons. The third kappa shape index (κ3) is 1.30. The summed E-state index contributed by atoms with van der Waals surface area (Å²) in [6.07, 6.45) is 0. The second-order valence-electron chi connectivity index (χ2n) is 2.97. The van der Waals surface area contributed by atoms with Crippen LogP contribution in [0.5, 0.6) is 0 Å². The normalized spacial score (nSPS) is 8.50. The first kappa shape index (κ1) is 9.78. The summed E-state index contributed by atoms with van der Waals surface area (Å²) in [7, 11) is 0. The Morgan fingerprint density at radius 1 is 0.786 bits per heavy atom. The third-order valence-electron chi connectivity index (χ3n) is 2.06. The Labute approximate surface area is 82.4 Å². The Bertz CT molecular complexity index is 469. The van der Waals surface area contributed by atoms with Crippen LogP contribution in [0.15, 0.2) is 6.07 Å². The van der Waals surface area contributed by atoms with Gasteiger partial charge in [-0.05, 0) is 25.0 Å². The van der Waals surface area contributed by atoms with Gasteiger partial charge in [-0.15, -0.1) is 0 Å². The first-order chi connectivity index (χ1) is 6.65. The number of hydrogen-bond donors (Lipinski definition) is 0. The molecule has 0 N–H and O–H groups in total. The largest absolute Gasteiger partial charge is 0.192 e. The van der Waals surface area contributed by atoms with Gasteiger partial charge in [0.05, 0.1) is 16.7 Å². The molecule has 1 rings (SSSR count). The number of nitrogens with zero attached hydrogens (tertiary/aromatic N) is 3. The molecule has 0 amide bonds. The lowest BCUT2D eigenvalue weighted by Crippen LogP contribution is -1.96. The zero-order valence-corrected chi connectivity index (χ0v) is 7.92. The van der Waals surface area contributed by atoms with E-state index in [4.69, 9.17) is 15.8 Å². The summed E-state index contributed by atoms with van der Waals surface area (Å²) in [6.45, 7) is 3.51. The van der Waals surface area contributed by atoms with Crippen molar-refractivity contribution in [1.29, 1.82) is 15.8 Å². The van der Waals surface area contributed by atoms with Crippen LogP contribution in [0.25, 0.3) is 0 Å². The highest BCUT2D eigenvalue weighted by Gasteiger charge is 2.13. The molecule has 0 spiro atoms. The lowest BCUT2D eigenvalue weighted by molar-refractivity contribution is 1.28. The van der Waals surface area contributed by atoms with Crippen molar-refractivity contribution in [1.82, 2.24) is 0 Å². The molecular weight excluding hydrogens is 174 g/mol. The first-order valence-electron chi connectivity index (χ1n) is 4.00. The van der Waals surface area contributed by atoms with Gasteiger partial charge in [-0.1, -0.05) is 6.07 Å². The molecule has 0 heterocycles. The summed E-state index contributed by atoms with van der Waals surface area (Å²) < 4.78 is 0. The highest BCUT2D eigenvalue weighted by Crippen LogP contribution is 2.20. The SMILES string of the molecule is Cc1cc(C)c(C#N)c(C#N)c1C#N. The standard InChI is InChI=1S/C11H7N3/c1-7-3-8(2)10(5-13)11(6-14)9(7)4-12/h3H,1-2H3. The molecule has 0 aliphatic carbocycles. The minimum Gasteiger partial charge on any atom is -0.192 e. The van der Waals surface area contributed by atoms with Gasteiger partial charge in [0.15, 0.2) is 0 Å². The van der Waals surface area contributed by atoms with Gasteiger partial charge >= 0.3 is 0 Å². The van der Waals surface area contributed by atoms with Gasteiger partial charge < -0.3 is 0 Å². The molecule has 0 bridgehead atoms. The summed E-state index contributed by atoms with van der Waals surface area (Å²) in [5.41, 5.74) is 2.26. The maximum atomic E-state index is 8.86. The molecule has 0 saturated carbocycles. The molecule has 0 unspecified atom stereocenters. The average Bonchev–Trinajstić information content (AvgIpc) is 2.16. The second-order valence-corrected chi connectivity index (χ2v) is 2.97. The van der Waals surface area contributed by atoms with E-state index in [1.54, 1.807) is 19.9 Å². The maximum absolute atomic E-state index is 8.86. The van der Waals surface area contributed by atoms with Crippen LogP contribution in [0, 0.1) is 47.8 Å². The molecule has 0 aliphatic rings. The fourth-order valence-corrected chi connectivity index (χ4v) is 1.39. The van der Waals surface area contributed by atoms with E-state index in [9.17, 15) is 0 Å². The summed E-state index contributed by atoms with van der Waals surface area (Å²) in [6, 6.07) is 7.54. The lowest BCUT2D eigenvalue weighted by atomic mass is 9.95. The molecule has 14 heavy (non-hydrogen) atoms. The van der Waals surface area contributed by atoms with Gasteiger partial charge in [0.25, 0.3) is 0 Å². The van der Waals surface area contributed by atoms with E-state index in [0.717, 1.165) is 11.1 Å². The molecular formula is C11H7N3. The first-order valence-corrected chi connectivity index (χ1v) is 4.00. The van der Waals surface area contributed by atoms with Crippen LogP contribution in [0.1, 0.15) is 27.8 Å². The molecule has 1 aromatic carbocycles. The summed E-state index contributed by atoms with van der Waals surface area (Å²) in [5.74, 6) is 0. The van der Waals surface area contributed by atoms with E-state index in [-0.39, 0.29) is 5.56 Å². The number of benzene rings is 1. The van der Waals surface area contributed by atoms with Crippen molar-refractivity contribution in [2.45, 2.75) is 13.8 Å². The van der Waals surface area contributed by atoms with Gasteiger partial charge in [-0.3, -0.25) is 0 Å². The van der Waals surface area contributed by atoms with Crippen molar-refractivity contribution >= 4 is 0 Å². The van der Waals surface area contributed by atoms with Crippen molar-refractivity contribution < 1.29 is 0 Å². The topological polar surface area (TPSA) is 71.4 Å². The van der Waals surface area contributed by atoms with Crippen molar-refractivity contribution in [3.63, 3.8) is 0 Å². The summed E-state index contributed by atoms with van der Waals surface area (Å²) >= 11 is 0. The van der Waals surface area contributed by atoms with E-state index in [0.29, 0.717) is 11.1 Å². The maximum Gasteiger partial charge on any atom is 0.102 e. The number of aryl methyl sites for hydroxylation is 2. The van der Waals surface area contributed by atoms with Crippen LogP contribution in [0.2, 0.25) is 0 Å². The third-order valence-corrected chi connectivity index (χ3v) is 2.06.